The van der Waals surface area contributed by atoms with Gasteiger partial charge in [-0.15, -0.1) is 0 Å². The molecule has 0 radical (unpaired) electrons. The Morgan fingerprint density at radius 1 is 0.778 bits per heavy atom. The Hall–Kier alpha value is -1.27. The van der Waals surface area contributed by atoms with E-state index < -0.39 is 15.1 Å². The molecule has 0 spiro atoms. The van der Waals surface area contributed by atoms with Crippen LogP contribution in [-0.2, 0) is 10.1 Å². The first kappa shape index (κ1) is 22.0. The van der Waals surface area contributed by atoms with Crippen LogP contribution in [0.15, 0.2) is 24.3 Å². The van der Waals surface area contributed by atoms with Crippen molar-refractivity contribution < 1.29 is 13.0 Å². The maximum Gasteiger partial charge on any atom is 0.308 e. The first-order chi connectivity index (χ1) is 13.0. The van der Waals surface area contributed by atoms with E-state index in [2.05, 4.69) is 17.6 Å². The van der Waals surface area contributed by atoms with Gasteiger partial charge in [-0.2, -0.15) is 8.42 Å². The lowest BCUT2D eigenvalue weighted by Gasteiger charge is -2.27. The van der Waals surface area contributed by atoms with Crippen LogP contribution in [0, 0.1) is 0 Å². The van der Waals surface area contributed by atoms with Crippen LogP contribution in [0.4, 0.5) is 11.4 Å². The van der Waals surface area contributed by atoms with Gasteiger partial charge in [-0.3, -0.25) is 4.55 Å². The van der Waals surface area contributed by atoms with E-state index in [9.17, 15) is 13.0 Å². The zero-order chi connectivity index (χ0) is 19.6. The Morgan fingerprint density at radius 3 is 1.59 bits per heavy atom. The van der Waals surface area contributed by atoms with Crippen LogP contribution in [0.25, 0.3) is 0 Å². The molecule has 0 saturated heterocycles. The van der Waals surface area contributed by atoms with E-state index in [-0.39, 0.29) is 0 Å². The van der Waals surface area contributed by atoms with E-state index in [1.807, 2.05) is 24.3 Å². The minimum Gasteiger partial charge on any atom is -0.347 e. The number of para-hydroxylation sites is 2. The predicted molar refractivity (Wildman–Crippen MR) is 114 cm³/mol. The van der Waals surface area contributed by atoms with Crippen LogP contribution < -0.4 is 10.6 Å². The van der Waals surface area contributed by atoms with Gasteiger partial charge in [0.2, 0.25) is 4.99 Å². The molecule has 3 N–H and O–H groups in total. The number of fused-ring (bicyclic) bond motifs is 1. The first-order valence-electron chi connectivity index (χ1n) is 10.6. The number of rotatable bonds is 14. The summed E-state index contributed by atoms with van der Waals surface area (Å²) < 4.78 is 33.7. The molecule has 0 fully saturated rings. The standard InChI is InChI=1S/C21H36N2O3S/c1-2-3-4-5-6-7-8-9-10-11-12-15-18-21(27(24,25)26)22-19-16-13-14-17-20(19)23-21/h13-14,16-17,22-23H,2-12,15,18H2,1H3,(H,24,25,26). The molecule has 1 aliphatic rings. The normalized spacial score (nSPS) is 15.2. The lowest BCUT2D eigenvalue weighted by molar-refractivity contribution is 0.434. The van der Waals surface area contributed by atoms with Gasteiger partial charge in [-0.05, 0) is 18.6 Å². The number of anilines is 2. The van der Waals surface area contributed by atoms with Crippen LogP contribution in [0.5, 0.6) is 0 Å². The molecule has 0 bridgehead atoms. The average Bonchev–Trinajstić information content (AvgIpc) is 3.02. The van der Waals surface area contributed by atoms with Crippen LogP contribution in [-0.4, -0.2) is 18.0 Å². The van der Waals surface area contributed by atoms with E-state index in [1.165, 1.54) is 57.8 Å². The zero-order valence-corrected chi connectivity index (χ0v) is 17.5. The molecule has 0 saturated carbocycles. The highest BCUT2D eigenvalue weighted by molar-refractivity contribution is 7.87. The lowest BCUT2D eigenvalue weighted by Crippen LogP contribution is -2.49. The van der Waals surface area contributed by atoms with E-state index in [0.29, 0.717) is 17.8 Å². The first-order valence-corrected chi connectivity index (χ1v) is 12.0. The molecule has 0 aliphatic carbocycles. The van der Waals surface area contributed by atoms with E-state index in [4.69, 9.17) is 0 Å². The van der Waals surface area contributed by atoms with E-state index in [1.54, 1.807) is 0 Å². The summed E-state index contributed by atoms with van der Waals surface area (Å²) in [5, 5.41) is 5.96. The molecule has 6 heteroatoms. The van der Waals surface area contributed by atoms with Gasteiger partial charge < -0.3 is 10.6 Å². The molecule has 27 heavy (non-hydrogen) atoms. The highest BCUT2D eigenvalue weighted by atomic mass is 32.2. The molecular weight excluding hydrogens is 360 g/mol. The lowest BCUT2D eigenvalue weighted by atomic mass is 10.0. The Kier molecular flexibility index (Phi) is 8.90. The molecule has 0 aromatic heterocycles. The third kappa shape index (κ3) is 6.68. The van der Waals surface area contributed by atoms with Crippen LogP contribution in [0.1, 0.15) is 90.4 Å². The summed E-state index contributed by atoms with van der Waals surface area (Å²) in [7, 11) is -4.27. The fourth-order valence-corrected chi connectivity index (χ4v) is 4.65. The van der Waals surface area contributed by atoms with Crippen molar-refractivity contribution in [2.24, 2.45) is 0 Å². The maximum absolute atomic E-state index is 12.0. The summed E-state index contributed by atoms with van der Waals surface area (Å²) in [5.74, 6) is 0. The van der Waals surface area contributed by atoms with Crippen molar-refractivity contribution in [3.63, 3.8) is 0 Å². The quantitative estimate of drug-likeness (QED) is 0.259. The van der Waals surface area contributed by atoms with Crippen molar-refractivity contribution in [3.8, 4) is 0 Å². The summed E-state index contributed by atoms with van der Waals surface area (Å²) in [5.41, 5.74) is 1.43. The second-order valence-corrected chi connectivity index (χ2v) is 9.38. The number of unbranched alkanes of at least 4 members (excludes halogenated alkanes) is 11. The fourth-order valence-electron chi connectivity index (χ4n) is 3.77. The van der Waals surface area contributed by atoms with Crippen molar-refractivity contribution in [1.82, 2.24) is 0 Å². The smallest absolute Gasteiger partial charge is 0.308 e. The third-order valence-electron chi connectivity index (χ3n) is 5.42. The summed E-state index contributed by atoms with van der Waals surface area (Å²) >= 11 is 0. The van der Waals surface area contributed by atoms with Gasteiger partial charge >= 0.3 is 10.1 Å². The van der Waals surface area contributed by atoms with Gasteiger partial charge in [-0.1, -0.05) is 89.7 Å². The number of nitrogens with one attached hydrogen (secondary N) is 2. The minimum absolute atomic E-state index is 0.345. The number of benzene rings is 1. The summed E-state index contributed by atoms with van der Waals surface area (Å²) in [6.07, 6.45) is 15.1. The van der Waals surface area contributed by atoms with Gasteiger partial charge in [0.15, 0.2) is 0 Å². The molecule has 0 atom stereocenters. The Morgan fingerprint density at radius 2 is 1.19 bits per heavy atom. The molecule has 2 rings (SSSR count). The van der Waals surface area contributed by atoms with Crippen molar-refractivity contribution >= 4 is 21.5 Å². The second-order valence-electron chi connectivity index (χ2n) is 7.74. The van der Waals surface area contributed by atoms with Gasteiger partial charge in [0, 0.05) is 6.42 Å². The van der Waals surface area contributed by atoms with Gasteiger partial charge in [0.05, 0.1) is 11.4 Å². The van der Waals surface area contributed by atoms with Gasteiger partial charge in [-0.25, -0.2) is 0 Å². The molecule has 1 aromatic rings. The van der Waals surface area contributed by atoms with Gasteiger partial charge in [0.25, 0.3) is 0 Å². The van der Waals surface area contributed by atoms with E-state index in [0.717, 1.165) is 19.3 Å². The fraction of sp³-hybridized carbons (Fsp3) is 0.714. The molecule has 154 valence electrons. The molecule has 1 heterocycles. The zero-order valence-electron chi connectivity index (χ0n) is 16.7. The van der Waals surface area contributed by atoms with Crippen molar-refractivity contribution in [2.45, 2.75) is 95.4 Å². The Bertz CT molecular complexity index is 636. The van der Waals surface area contributed by atoms with Crippen LogP contribution in [0.2, 0.25) is 0 Å². The van der Waals surface area contributed by atoms with Crippen LogP contribution in [0.3, 0.4) is 0 Å². The van der Waals surface area contributed by atoms with Crippen molar-refractivity contribution in [3.05, 3.63) is 24.3 Å². The predicted octanol–water partition coefficient (Wildman–Crippen LogP) is 6.16. The third-order valence-corrected chi connectivity index (χ3v) is 6.71. The number of hydrogen-bond acceptors (Lipinski definition) is 4. The maximum atomic E-state index is 12.0. The summed E-state index contributed by atoms with van der Waals surface area (Å²) in [6.45, 7) is 2.25. The minimum atomic E-state index is -4.27. The summed E-state index contributed by atoms with van der Waals surface area (Å²) in [4.78, 5) is -1.49. The average molecular weight is 397 g/mol. The summed E-state index contributed by atoms with van der Waals surface area (Å²) in [6, 6.07) is 7.32. The number of hydrogen-bond donors (Lipinski definition) is 3. The molecule has 1 aliphatic heterocycles. The van der Waals surface area contributed by atoms with E-state index >= 15 is 0 Å². The highest BCUT2D eigenvalue weighted by Crippen LogP contribution is 2.38. The largest absolute Gasteiger partial charge is 0.347 e. The SMILES string of the molecule is CCCCCCCCCCCCCCC1(S(=O)(=O)O)Nc2ccccc2N1. The molecule has 0 unspecified atom stereocenters. The van der Waals surface area contributed by atoms with Crippen LogP contribution >= 0.6 is 0 Å². The molecular formula is C21H36N2O3S. The van der Waals surface area contributed by atoms with Gasteiger partial charge in [0.1, 0.15) is 0 Å². The molecule has 5 nitrogen and oxygen atoms in total. The second kappa shape index (κ2) is 10.9. The Balaban J connectivity index is 1.61. The molecule has 0 amide bonds. The highest BCUT2D eigenvalue weighted by Gasteiger charge is 2.46. The topological polar surface area (TPSA) is 78.4 Å². The monoisotopic (exact) mass is 396 g/mol. The van der Waals surface area contributed by atoms with Crippen molar-refractivity contribution in [1.29, 1.82) is 0 Å². The molecule has 1 aromatic carbocycles. The van der Waals surface area contributed by atoms with Crippen molar-refractivity contribution in [2.75, 3.05) is 10.6 Å². The Labute approximate surface area is 165 Å².